The van der Waals surface area contributed by atoms with Gasteiger partial charge >= 0.3 is 0 Å². The molecule has 2 aromatic rings. The Balaban J connectivity index is 1.72. The summed E-state index contributed by atoms with van der Waals surface area (Å²) in [6.07, 6.45) is 5.90. The summed E-state index contributed by atoms with van der Waals surface area (Å²) in [7, 11) is 1.69. The maximum atomic E-state index is 5.83. The summed E-state index contributed by atoms with van der Waals surface area (Å²) < 4.78 is 11.0. The fraction of sp³-hybridized carbons (Fsp3) is 0.429. The van der Waals surface area contributed by atoms with Crippen molar-refractivity contribution in [1.82, 2.24) is 0 Å². The van der Waals surface area contributed by atoms with Crippen molar-refractivity contribution in [3.63, 3.8) is 0 Å². The molecule has 130 valence electrons. The Bertz CT molecular complexity index is 581. The Labute approximate surface area is 146 Å². The van der Waals surface area contributed by atoms with E-state index in [4.69, 9.17) is 9.47 Å². The highest BCUT2D eigenvalue weighted by Gasteiger charge is 1.99. The van der Waals surface area contributed by atoms with Crippen molar-refractivity contribution in [3.05, 3.63) is 54.1 Å². The molecule has 2 rings (SSSR count). The van der Waals surface area contributed by atoms with E-state index in [0.29, 0.717) is 0 Å². The van der Waals surface area contributed by atoms with Gasteiger partial charge in [-0.1, -0.05) is 44.4 Å². The Morgan fingerprint density at radius 2 is 1.75 bits per heavy atom. The number of ether oxygens (including phenoxy) is 2. The number of rotatable bonds is 11. The van der Waals surface area contributed by atoms with Gasteiger partial charge in [-0.25, -0.2) is 0 Å². The van der Waals surface area contributed by atoms with E-state index in [1.807, 2.05) is 24.3 Å². The minimum absolute atomic E-state index is 0.801. The van der Waals surface area contributed by atoms with E-state index >= 15 is 0 Å². The van der Waals surface area contributed by atoms with E-state index in [1.165, 1.54) is 24.8 Å². The van der Waals surface area contributed by atoms with Gasteiger partial charge in [-0.15, -0.1) is 0 Å². The van der Waals surface area contributed by atoms with E-state index in [2.05, 4.69) is 36.5 Å². The van der Waals surface area contributed by atoms with Crippen LogP contribution in [0.1, 0.15) is 38.2 Å². The SMILES string of the molecule is CCCCCCOc1cccc(NCCc2ccc(OC)cc2)c1. The molecule has 0 heterocycles. The lowest BCUT2D eigenvalue weighted by Crippen LogP contribution is -2.05. The predicted octanol–water partition coefficient (Wildman–Crippen LogP) is 5.31. The molecule has 24 heavy (non-hydrogen) atoms. The largest absolute Gasteiger partial charge is 0.497 e. The molecule has 3 nitrogen and oxygen atoms in total. The van der Waals surface area contributed by atoms with E-state index in [0.717, 1.165) is 43.2 Å². The van der Waals surface area contributed by atoms with Crippen molar-refractivity contribution >= 4 is 5.69 Å². The molecule has 0 bridgehead atoms. The Morgan fingerprint density at radius 3 is 2.50 bits per heavy atom. The minimum Gasteiger partial charge on any atom is -0.497 e. The summed E-state index contributed by atoms with van der Waals surface area (Å²) in [5.41, 5.74) is 2.40. The average molecular weight is 327 g/mol. The van der Waals surface area contributed by atoms with E-state index in [1.54, 1.807) is 7.11 Å². The molecule has 0 aliphatic rings. The molecule has 0 spiro atoms. The van der Waals surface area contributed by atoms with Crippen molar-refractivity contribution < 1.29 is 9.47 Å². The monoisotopic (exact) mass is 327 g/mol. The molecular formula is C21H29NO2. The summed E-state index contributed by atoms with van der Waals surface area (Å²) in [6.45, 7) is 3.92. The smallest absolute Gasteiger partial charge is 0.121 e. The van der Waals surface area contributed by atoms with Gasteiger partial charge in [0.1, 0.15) is 11.5 Å². The van der Waals surface area contributed by atoms with Crippen LogP contribution < -0.4 is 14.8 Å². The lowest BCUT2D eigenvalue weighted by atomic mass is 10.1. The van der Waals surface area contributed by atoms with Gasteiger partial charge in [0.05, 0.1) is 13.7 Å². The van der Waals surface area contributed by atoms with Gasteiger partial charge in [0.2, 0.25) is 0 Å². The van der Waals surface area contributed by atoms with Crippen LogP contribution in [-0.4, -0.2) is 20.3 Å². The number of hydrogen-bond acceptors (Lipinski definition) is 3. The number of anilines is 1. The molecule has 0 unspecified atom stereocenters. The van der Waals surface area contributed by atoms with E-state index < -0.39 is 0 Å². The number of nitrogens with one attached hydrogen (secondary N) is 1. The Kier molecular flexibility index (Phi) is 8.02. The van der Waals surface area contributed by atoms with Crippen molar-refractivity contribution in [3.8, 4) is 11.5 Å². The Morgan fingerprint density at radius 1 is 0.917 bits per heavy atom. The summed E-state index contributed by atoms with van der Waals surface area (Å²) in [4.78, 5) is 0. The summed E-state index contributed by atoms with van der Waals surface area (Å²) in [5, 5.41) is 3.46. The molecule has 0 aliphatic heterocycles. The molecule has 0 saturated carbocycles. The molecule has 0 radical (unpaired) electrons. The maximum Gasteiger partial charge on any atom is 0.121 e. The minimum atomic E-state index is 0.801. The highest BCUT2D eigenvalue weighted by Crippen LogP contribution is 2.18. The van der Waals surface area contributed by atoms with Crippen LogP contribution in [0, 0.1) is 0 Å². The van der Waals surface area contributed by atoms with Crippen molar-refractivity contribution in [2.75, 3.05) is 25.6 Å². The van der Waals surface area contributed by atoms with Gasteiger partial charge in [0, 0.05) is 18.3 Å². The van der Waals surface area contributed by atoms with Gasteiger partial charge in [-0.3, -0.25) is 0 Å². The van der Waals surface area contributed by atoms with Gasteiger partial charge in [-0.2, -0.15) is 0 Å². The zero-order valence-electron chi connectivity index (χ0n) is 14.9. The third kappa shape index (κ3) is 6.53. The highest BCUT2D eigenvalue weighted by molar-refractivity contribution is 5.48. The zero-order chi connectivity index (χ0) is 17.0. The lowest BCUT2D eigenvalue weighted by molar-refractivity contribution is 0.305. The van der Waals surface area contributed by atoms with Crippen LogP contribution in [0.2, 0.25) is 0 Å². The quantitative estimate of drug-likeness (QED) is 0.567. The second kappa shape index (κ2) is 10.6. The first-order valence-corrected chi connectivity index (χ1v) is 8.91. The second-order valence-corrected chi connectivity index (χ2v) is 5.96. The number of methoxy groups -OCH3 is 1. The van der Waals surface area contributed by atoms with Crippen LogP contribution in [0.4, 0.5) is 5.69 Å². The van der Waals surface area contributed by atoms with Crippen LogP contribution in [0.3, 0.4) is 0 Å². The molecule has 1 N–H and O–H groups in total. The molecular weight excluding hydrogens is 298 g/mol. The topological polar surface area (TPSA) is 30.5 Å². The van der Waals surface area contributed by atoms with Crippen LogP contribution in [0.15, 0.2) is 48.5 Å². The highest BCUT2D eigenvalue weighted by atomic mass is 16.5. The maximum absolute atomic E-state index is 5.83. The average Bonchev–Trinajstić information content (AvgIpc) is 2.62. The van der Waals surface area contributed by atoms with Crippen LogP contribution in [-0.2, 0) is 6.42 Å². The van der Waals surface area contributed by atoms with Crippen molar-refractivity contribution in [1.29, 1.82) is 0 Å². The van der Waals surface area contributed by atoms with E-state index in [9.17, 15) is 0 Å². The lowest BCUT2D eigenvalue weighted by Gasteiger charge is -2.10. The van der Waals surface area contributed by atoms with Gasteiger partial charge in [0.15, 0.2) is 0 Å². The molecule has 0 saturated heterocycles. The molecule has 0 aliphatic carbocycles. The fourth-order valence-corrected chi connectivity index (χ4v) is 2.56. The van der Waals surface area contributed by atoms with E-state index in [-0.39, 0.29) is 0 Å². The molecule has 0 fully saturated rings. The normalized spacial score (nSPS) is 10.4. The number of benzene rings is 2. The third-order valence-corrected chi connectivity index (χ3v) is 4.00. The molecule has 0 atom stereocenters. The van der Waals surface area contributed by atoms with Crippen LogP contribution >= 0.6 is 0 Å². The van der Waals surface area contributed by atoms with Crippen LogP contribution in [0.25, 0.3) is 0 Å². The van der Waals surface area contributed by atoms with Crippen LogP contribution in [0.5, 0.6) is 11.5 Å². The number of unbranched alkanes of at least 4 members (excludes halogenated alkanes) is 3. The molecule has 3 heteroatoms. The zero-order valence-corrected chi connectivity index (χ0v) is 14.9. The predicted molar refractivity (Wildman–Crippen MR) is 101 cm³/mol. The summed E-state index contributed by atoms with van der Waals surface area (Å²) in [6, 6.07) is 16.4. The molecule has 2 aromatic carbocycles. The molecule has 0 amide bonds. The summed E-state index contributed by atoms with van der Waals surface area (Å²) >= 11 is 0. The Hall–Kier alpha value is -2.16. The first-order chi connectivity index (χ1) is 11.8. The van der Waals surface area contributed by atoms with Crippen molar-refractivity contribution in [2.24, 2.45) is 0 Å². The second-order valence-electron chi connectivity index (χ2n) is 5.96. The summed E-state index contributed by atoms with van der Waals surface area (Å²) in [5.74, 6) is 1.84. The molecule has 0 aromatic heterocycles. The van der Waals surface area contributed by atoms with Gasteiger partial charge in [0.25, 0.3) is 0 Å². The van der Waals surface area contributed by atoms with Gasteiger partial charge in [-0.05, 0) is 42.7 Å². The first-order valence-electron chi connectivity index (χ1n) is 8.91. The van der Waals surface area contributed by atoms with Gasteiger partial charge < -0.3 is 14.8 Å². The van der Waals surface area contributed by atoms with Crippen molar-refractivity contribution in [2.45, 2.75) is 39.0 Å². The fourth-order valence-electron chi connectivity index (χ4n) is 2.56. The standard InChI is InChI=1S/C21H29NO2/c1-3-4-5-6-16-24-21-9-7-8-19(17-21)22-15-14-18-10-12-20(23-2)13-11-18/h7-13,17,22H,3-6,14-16H2,1-2H3. The number of hydrogen-bond donors (Lipinski definition) is 1. The first kappa shape index (κ1) is 18.2. The third-order valence-electron chi connectivity index (χ3n) is 4.00.